The second-order valence-electron chi connectivity index (χ2n) is 4.90. The summed E-state index contributed by atoms with van der Waals surface area (Å²) in [5.74, 6) is 0.603. The van der Waals surface area contributed by atoms with Gasteiger partial charge in [0.05, 0.1) is 11.1 Å². The number of benzene rings is 1. The molecule has 1 N–H and O–H groups in total. The van der Waals surface area contributed by atoms with E-state index in [9.17, 15) is 4.79 Å². The molecule has 0 fully saturated rings. The van der Waals surface area contributed by atoms with E-state index in [1.165, 1.54) is 0 Å². The fraction of sp³-hybridized carbons (Fsp3) is 0.333. The summed E-state index contributed by atoms with van der Waals surface area (Å²) in [6, 6.07) is 7.25. The number of hydrogen-bond acceptors (Lipinski definition) is 3. The van der Waals surface area contributed by atoms with E-state index < -0.39 is 0 Å². The number of carbonyl (C=O) groups excluding carboxylic acids is 1. The van der Waals surface area contributed by atoms with E-state index in [4.69, 9.17) is 16.3 Å². The molecule has 0 bridgehead atoms. The largest absolute Gasteiger partial charge is 0.493 e. The first-order valence-electron chi connectivity index (χ1n) is 6.83. The van der Waals surface area contributed by atoms with Crippen LogP contribution >= 0.6 is 27.5 Å². The molecule has 22 heavy (non-hydrogen) atoms. The Labute approximate surface area is 142 Å². The summed E-state index contributed by atoms with van der Waals surface area (Å²) >= 11 is 9.25. The van der Waals surface area contributed by atoms with Crippen LogP contribution in [-0.4, -0.2) is 41.2 Å². The van der Waals surface area contributed by atoms with Crippen LogP contribution in [0.2, 0.25) is 5.02 Å². The molecular formula is C15H17BrClN3O2. The molecule has 0 saturated heterocycles. The van der Waals surface area contributed by atoms with Crippen molar-refractivity contribution in [2.24, 2.45) is 0 Å². The molecule has 2 aromatic rings. The van der Waals surface area contributed by atoms with Crippen LogP contribution in [0, 0.1) is 6.92 Å². The molecule has 2 rings (SSSR count). The zero-order valence-electron chi connectivity index (χ0n) is 12.4. The monoisotopic (exact) mass is 385 g/mol. The lowest BCUT2D eigenvalue weighted by molar-refractivity contribution is 0.0781. The van der Waals surface area contributed by atoms with E-state index in [1.807, 2.05) is 19.1 Å². The van der Waals surface area contributed by atoms with Crippen molar-refractivity contribution in [3.8, 4) is 5.75 Å². The van der Waals surface area contributed by atoms with E-state index >= 15 is 0 Å². The zero-order valence-corrected chi connectivity index (χ0v) is 14.7. The Morgan fingerprint density at radius 1 is 1.50 bits per heavy atom. The summed E-state index contributed by atoms with van der Waals surface area (Å²) in [7, 11) is 1.75. The third-order valence-corrected chi connectivity index (χ3v) is 4.33. The Balaban J connectivity index is 1.79. The smallest absolute Gasteiger partial charge is 0.275 e. The first-order chi connectivity index (χ1) is 10.5. The third kappa shape index (κ3) is 4.24. The molecule has 0 aliphatic heterocycles. The summed E-state index contributed by atoms with van der Waals surface area (Å²) in [6.07, 6.45) is 0.718. The predicted octanol–water partition coefficient (Wildman–Crippen LogP) is 3.68. The van der Waals surface area contributed by atoms with E-state index in [1.54, 1.807) is 24.1 Å². The maximum Gasteiger partial charge on any atom is 0.275 e. The minimum Gasteiger partial charge on any atom is -0.493 e. The number of nitrogens with one attached hydrogen (secondary N) is 1. The summed E-state index contributed by atoms with van der Waals surface area (Å²) in [5, 5.41) is 7.44. The molecule has 0 atom stereocenters. The topological polar surface area (TPSA) is 58.2 Å². The van der Waals surface area contributed by atoms with Gasteiger partial charge in [-0.1, -0.05) is 17.7 Å². The fourth-order valence-electron chi connectivity index (χ4n) is 1.89. The van der Waals surface area contributed by atoms with E-state index in [0.717, 1.165) is 17.9 Å². The second-order valence-corrected chi connectivity index (χ2v) is 6.13. The van der Waals surface area contributed by atoms with Crippen molar-refractivity contribution in [1.29, 1.82) is 0 Å². The van der Waals surface area contributed by atoms with E-state index in [-0.39, 0.29) is 5.91 Å². The minimum absolute atomic E-state index is 0.126. The van der Waals surface area contributed by atoms with E-state index in [2.05, 4.69) is 26.1 Å². The van der Waals surface area contributed by atoms with Crippen LogP contribution in [0.15, 0.2) is 28.7 Å². The van der Waals surface area contributed by atoms with Gasteiger partial charge < -0.3 is 9.64 Å². The lowest BCUT2D eigenvalue weighted by Gasteiger charge is -2.16. The van der Waals surface area contributed by atoms with Crippen molar-refractivity contribution < 1.29 is 9.53 Å². The fourth-order valence-corrected chi connectivity index (χ4v) is 2.42. The Hall–Kier alpha value is -1.53. The third-order valence-electron chi connectivity index (χ3n) is 3.12. The molecule has 7 heteroatoms. The summed E-state index contributed by atoms with van der Waals surface area (Å²) in [6.45, 7) is 2.95. The van der Waals surface area contributed by atoms with Gasteiger partial charge in [-0.15, -0.1) is 0 Å². The molecule has 0 radical (unpaired) electrons. The van der Waals surface area contributed by atoms with Crippen LogP contribution in [-0.2, 0) is 0 Å². The van der Waals surface area contributed by atoms with E-state index in [0.29, 0.717) is 28.3 Å². The molecule has 1 amide bonds. The molecule has 0 aliphatic rings. The number of nitrogens with zero attached hydrogens (tertiary/aromatic N) is 2. The van der Waals surface area contributed by atoms with Gasteiger partial charge >= 0.3 is 0 Å². The molecule has 1 aromatic heterocycles. The number of halogens is 2. The lowest BCUT2D eigenvalue weighted by Crippen LogP contribution is -2.29. The van der Waals surface area contributed by atoms with Crippen molar-refractivity contribution >= 4 is 33.4 Å². The Morgan fingerprint density at radius 3 is 2.91 bits per heavy atom. The first kappa shape index (κ1) is 16.8. The van der Waals surface area contributed by atoms with Crippen LogP contribution in [0.1, 0.15) is 22.6 Å². The zero-order chi connectivity index (χ0) is 16.1. The molecule has 118 valence electrons. The van der Waals surface area contributed by atoms with Gasteiger partial charge in [-0.3, -0.25) is 9.89 Å². The number of amides is 1. The normalized spacial score (nSPS) is 10.5. The van der Waals surface area contributed by atoms with Gasteiger partial charge in [0.2, 0.25) is 0 Å². The standard InChI is InChI=1S/C15H17BrClN3O2/c1-10-13(16)14(19-18-10)15(21)20(2)7-4-8-22-12-6-3-5-11(17)9-12/h3,5-6,9H,4,7-8H2,1-2H3,(H,18,19). The molecule has 0 unspecified atom stereocenters. The average molecular weight is 387 g/mol. The maximum atomic E-state index is 12.2. The number of H-pyrrole nitrogens is 1. The highest BCUT2D eigenvalue weighted by molar-refractivity contribution is 9.10. The van der Waals surface area contributed by atoms with Gasteiger partial charge in [-0.25, -0.2) is 0 Å². The maximum absolute atomic E-state index is 12.2. The summed E-state index contributed by atoms with van der Waals surface area (Å²) in [5.41, 5.74) is 1.23. The van der Waals surface area contributed by atoms with Gasteiger partial charge in [0.1, 0.15) is 5.75 Å². The van der Waals surface area contributed by atoms with Gasteiger partial charge in [0.15, 0.2) is 5.69 Å². The van der Waals surface area contributed by atoms with Crippen LogP contribution in [0.3, 0.4) is 0 Å². The number of aromatic amines is 1. The quantitative estimate of drug-likeness (QED) is 0.771. The summed E-state index contributed by atoms with van der Waals surface area (Å²) < 4.78 is 6.30. The highest BCUT2D eigenvalue weighted by Crippen LogP contribution is 2.19. The molecule has 1 heterocycles. The molecule has 0 aliphatic carbocycles. The lowest BCUT2D eigenvalue weighted by atomic mass is 10.3. The molecule has 0 spiro atoms. The van der Waals surface area contributed by atoms with Gasteiger partial charge in [-0.05, 0) is 47.5 Å². The van der Waals surface area contributed by atoms with Crippen LogP contribution < -0.4 is 4.74 Å². The number of rotatable bonds is 6. The number of aryl methyl sites for hydroxylation is 1. The minimum atomic E-state index is -0.126. The van der Waals surface area contributed by atoms with Crippen LogP contribution in [0.4, 0.5) is 0 Å². The van der Waals surface area contributed by atoms with Crippen molar-refractivity contribution in [3.05, 3.63) is 45.1 Å². The second kappa shape index (κ2) is 7.65. The predicted molar refractivity (Wildman–Crippen MR) is 89.5 cm³/mol. The highest BCUT2D eigenvalue weighted by atomic mass is 79.9. The average Bonchev–Trinajstić information content (AvgIpc) is 2.82. The SMILES string of the molecule is Cc1[nH]nc(C(=O)N(C)CCCOc2cccc(Cl)c2)c1Br. The van der Waals surface area contributed by atoms with Gasteiger partial charge in [-0.2, -0.15) is 5.10 Å². The molecular weight excluding hydrogens is 370 g/mol. The number of hydrogen-bond donors (Lipinski definition) is 1. The highest BCUT2D eigenvalue weighted by Gasteiger charge is 2.19. The van der Waals surface area contributed by atoms with Crippen LogP contribution in [0.5, 0.6) is 5.75 Å². The molecule has 1 aromatic carbocycles. The molecule has 5 nitrogen and oxygen atoms in total. The number of carbonyl (C=O) groups is 1. The summed E-state index contributed by atoms with van der Waals surface area (Å²) in [4.78, 5) is 13.9. The van der Waals surface area contributed by atoms with Gasteiger partial charge in [0.25, 0.3) is 5.91 Å². The van der Waals surface area contributed by atoms with Crippen molar-refractivity contribution in [2.45, 2.75) is 13.3 Å². The van der Waals surface area contributed by atoms with Gasteiger partial charge in [0, 0.05) is 24.3 Å². The van der Waals surface area contributed by atoms with Crippen molar-refractivity contribution in [3.63, 3.8) is 0 Å². The van der Waals surface area contributed by atoms with Crippen molar-refractivity contribution in [1.82, 2.24) is 15.1 Å². The van der Waals surface area contributed by atoms with Crippen molar-refractivity contribution in [2.75, 3.05) is 20.2 Å². The Kier molecular flexibility index (Phi) is 5.85. The first-order valence-corrected chi connectivity index (χ1v) is 8.00. The number of ether oxygens (including phenoxy) is 1. The number of aromatic nitrogens is 2. The van der Waals surface area contributed by atoms with Crippen LogP contribution in [0.25, 0.3) is 0 Å². The Morgan fingerprint density at radius 2 is 2.27 bits per heavy atom. The Bertz CT molecular complexity index is 660. The molecule has 0 saturated carbocycles.